The summed E-state index contributed by atoms with van der Waals surface area (Å²) in [4.78, 5) is 28.4. The molecule has 5 nitrogen and oxygen atoms in total. The highest BCUT2D eigenvalue weighted by Gasteiger charge is 2.34. The summed E-state index contributed by atoms with van der Waals surface area (Å²) in [5.41, 5.74) is 3.74. The Morgan fingerprint density at radius 2 is 1.69 bits per heavy atom. The van der Waals surface area contributed by atoms with Crippen LogP contribution in [-0.4, -0.2) is 40.0 Å². The largest absolute Gasteiger partial charge is 0.461 e. The van der Waals surface area contributed by atoms with Crippen LogP contribution in [0, 0.1) is 13.8 Å². The van der Waals surface area contributed by atoms with Crippen LogP contribution in [-0.2, 0) is 11.3 Å². The molecule has 1 aliphatic rings. The summed E-state index contributed by atoms with van der Waals surface area (Å²) in [6.45, 7) is 10.7. The molecule has 2 aromatic rings. The summed E-state index contributed by atoms with van der Waals surface area (Å²) in [6, 6.07) is 10.4. The Hall–Kier alpha value is -2.56. The van der Waals surface area contributed by atoms with Gasteiger partial charge in [-0.05, 0) is 65.0 Å². The number of carbonyl (C=O) groups is 2. The van der Waals surface area contributed by atoms with E-state index < -0.39 is 0 Å². The standard InChI is InChI=1S/C24H32N2O3/c1-6-29-24(28)22-18(4)21(23(27)26-16(2)11-10-12-17(26)3)19(5)25(22)15-20-13-8-7-9-14-20/h7-9,13-14,16-17H,6,10-12,15H2,1-5H3. The first-order valence-electron chi connectivity index (χ1n) is 10.6. The van der Waals surface area contributed by atoms with Gasteiger partial charge in [-0.1, -0.05) is 30.3 Å². The lowest BCUT2D eigenvalue weighted by Gasteiger charge is -2.39. The van der Waals surface area contributed by atoms with E-state index in [0.717, 1.165) is 30.5 Å². The van der Waals surface area contributed by atoms with Gasteiger partial charge in [0.15, 0.2) is 0 Å². The molecule has 0 spiro atoms. The van der Waals surface area contributed by atoms with E-state index in [1.165, 1.54) is 0 Å². The Morgan fingerprint density at radius 3 is 2.28 bits per heavy atom. The summed E-state index contributed by atoms with van der Waals surface area (Å²) >= 11 is 0. The van der Waals surface area contributed by atoms with E-state index in [4.69, 9.17) is 4.74 Å². The molecule has 1 aromatic carbocycles. The second-order valence-corrected chi connectivity index (χ2v) is 8.07. The van der Waals surface area contributed by atoms with Crippen molar-refractivity contribution in [2.24, 2.45) is 0 Å². The minimum Gasteiger partial charge on any atom is -0.461 e. The minimum atomic E-state index is -0.372. The highest BCUT2D eigenvalue weighted by molar-refractivity contribution is 6.01. The summed E-state index contributed by atoms with van der Waals surface area (Å²) in [5.74, 6) is -0.347. The molecule has 1 aliphatic heterocycles. The number of carbonyl (C=O) groups excluding carboxylic acids is 2. The molecule has 0 bridgehead atoms. The van der Waals surface area contributed by atoms with Gasteiger partial charge >= 0.3 is 5.97 Å². The third kappa shape index (κ3) is 4.09. The van der Waals surface area contributed by atoms with Crippen molar-refractivity contribution in [1.29, 1.82) is 0 Å². The molecule has 0 radical (unpaired) electrons. The van der Waals surface area contributed by atoms with E-state index in [2.05, 4.69) is 13.8 Å². The van der Waals surface area contributed by atoms with Crippen LogP contribution in [0.25, 0.3) is 0 Å². The molecule has 0 aliphatic carbocycles. The van der Waals surface area contributed by atoms with Crippen LogP contribution in [0.15, 0.2) is 30.3 Å². The van der Waals surface area contributed by atoms with Crippen molar-refractivity contribution in [3.8, 4) is 0 Å². The topological polar surface area (TPSA) is 51.5 Å². The van der Waals surface area contributed by atoms with Crippen molar-refractivity contribution >= 4 is 11.9 Å². The molecule has 2 heterocycles. The van der Waals surface area contributed by atoms with Crippen molar-refractivity contribution in [2.75, 3.05) is 6.61 Å². The van der Waals surface area contributed by atoms with E-state index in [1.807, 2.05) is 53.6 Å². The number of piperidine rings is 1. The number of benzene rings is 1. The number of amides is 1. The number of likely N-dealkylation sites (tertiary alicyclic amines) is 1. The lowest BCUT2D eigenvalue weighted by molar-refractivity contribution is 0.0506. The number of hydrogen-bond donors (Lipinski definition) is 0. The Kier molecular flexibility index (Phi) is 6.46. The molecule has 29 heavy (non-hydrogen) atoms. The van der Waals surface area contributed by atoms with E-state index in [0.29, 0.717) is 30.0 Å². The van der Waals surface area contributed by atoms with Gasteiger partial charge in [-0.3, -0.25) is 4.79 Å². The summed E-state index contributed by atoms with van der Waals surface area (Å²) in [7, 11) is 0. The maximum atomic E-state index is 13.6. The predicted molar refractivity (Wildman–Crippen MR) is 114 cm³/mol. The van der Waals surface area contributed by atoms with Crippen LogP contribution in [0.4, 0.5) is 0 Å². The van der Waals surface area contributed by atoms with E-state index in [1.54, 1.807) is 6.92 Å². The molecule has 1 saturated heterocycles. The van der Waals surface area contributed by atoms with Crippen LogP contribution in [0.3, 0.4) is 0 Å². The Bertz CT molecular complexity index is 875. The van der Waals surface area contributed by atoms with Crippen molar-refractivity contribution in [1.82, 2.24) is 9.47 Å². The molecular formula is C24H32N2O3. The molecule has 0 saturated carbocycles. The third-order valence-corrected chi connectivity index (χ3v) is 6.06. The fraction of sp³-hybridized carbons (Fsp3) is 0.500. The van der Waals surface area contributed by atoms with Gasteiger partial charge in [-0.15, -0.1) is 0 Å². The number of nitrogens with zero attached hydrogens (tertiary/aromatic N) is 2. The highest BCUT2D eigenvalue weighted by Crippen LogP contribution is 2.30. The van der Waals surface area contributed by atoms with Gasteiger partial charge in [0, 0.05) is 24.3 Å². The number of hydrogen-bond acceptors (Lipinski definition) is 3. The minimum absolute atomic E-state index is 0.0251. The van der Waals surface area contributed by atoms with Gasteiger partial charge in [0.25, 0.3) is 5.91 Å². The van der Waals surface area contributed by atoms with E-state index in [9.17, 15) is 9.59 Å². The normalized spacial score (nSPS) is 19.3. The number of aromatic nitrogens is 1. The maximum absolute atomic E-state index is 13.6. The van der Waals surface area contributed by atoms with Gasteiger partial charge in [-0.2, -0.15) is 0 Å². The number of rotatable bonds is 5. The van der Waals surface area contributed by atoms with Crippen molar-refractivity contribution in [3.05, 3.63) is 58.4 Å². The fourth-order valence-electron chi connectivity index (χ4n) is 4.59. The fourth-order valence-corrected chi connectivity index (χ4v) is 4.59. The Labute approximate surface area is 173 Å². The SMILES string of the molecule is CCOC(=O)c1c(C)c(C(=O)N2C(C)CCCC2C)c(C)n1Cc1ccccc1. The molecule has 2 atom stereocenters. The zero-order chi connectivity index (χ0) is 21.1. The van der Waals surface area contributed by atoms with Crippen LogP contribution < -0.4 is 0 Å². The second kappa shape index (κ2) is 8.85. The van der Waals surface area contributed by atoms with Crippen molar-refractivity contribution in [3.63, 3.8) is 0 Å². The first kappa shape index (κ1) is 21.2. The lowest BCUT2D eigenvalue weighted by atomic mass is 9.95. The maximum Gasteiger partial charge on any atom is 0.355 e. The van der Waals surface area contributed by atoms with Crippen LogP contribution in [0.5, 0.6) is 0 Å². The van der Waals surface area contributed by atoms with Gasteiger partial charge in [-0.25, -0.2) is 4.79 Å². The van der Waals surface area contributed by atoms with E-state index >= 15 is 0 Å². The van der Waals surface area contributed by atoms with Gasteiger partial charge in [0.05, 0.1) is 12.2 Å². The first-order chi connectivity index (χ1) is 13.9. The highest BCUT2D eigenvalue weighted by atomic mass is 16.5. The van der Waals surface area contributed by atoms with Gasteiger partial charge in [0.1, 0.15) is 5.69 Å². The summed E-state index contributed by atoms with van der Waals surface area (Å²) < 4.78 is 7.28. The van der Waals surface area contributed by atoms with Crippen molar-refractivity contribution < 1.29 is 14.3 Å². The molecular weight excluding hydrogens is 364 g/mol. The molecule has 3 rings (SSSR count). The zero-order valence-electron chi connectivity index (χ0n) is 18.2. The molecule has 2 unspecified atom stereocenters. The molecule has 0 N–H and O–H groups in total. The smallest absolute Gasteiger partial charge is 0.355 e. The first-order valence-corrected chi connectivity index (χ1v) is 10.6. The summed E-state index contributed by atoms with van der Waals surface area (Å²) in [6.07, 6.45) is 3.18. The number of ether oxygens (including phenoxy) is 1. The van der Waals surface area contributed by atoms with Crippen molar-refractivity contribution in [2.45, 2.75) is 72.5 Å². The van der Waals surface area contributed by atoms with Crippen LogP contribution in [0.1, 0.15) is 77.7 Å². The van der Waals surface area contributed by atoms with E-state index in [-0.39, 0.29) is 24.0 Å². The van der Waals surface area contributed by atoms with Gasteiger partial charge in [0.2, 0.25) is 0 Å². The van der Waals surface area contributed by atoms with Crippen LogP contribution in [0.2, 0.25) is 0 Å². The van der Waals surface area contributed by atoms with Gasteiger partial charge < -0.3 is 14.2 Å². The third-order valence-electron chi connectivity index (χ3n) is 6.06. The molecule has 156 valence electrons. The quantitative estimate of drug-likeness (QED) is 0.687. The zero-order valence-corrected chi connectivity index (χ0v) is 18.2. The molecule has 1 fully saturated rings. The lowest BCUT2D eigenvalue weighted by Crippen LogP contribution is -2.47. The monoisotopic (exact) mass is 396 g/mol. The average molecular weight is 397 g/mol. The number of esters is 1. The molecule has 1 amide bonds. The average Bonchev–Trinajstić information content (AvgIpc) is 2.92. The predicted octanol–water partition coefficient (Wildman–Crippen LogP) is 4.73. The van der Waals surface area contributed by atoms with Crippen LogP contribution >= 0.6 is 0 Å². The Morgan fingerprint density at radius 1 is 1.07 bits per heavy atom. The summed E-state index contributed by atoms with van der Waals surface area (Å²) in [5, 5.41) is 0. The second-order valence-electron chi connectivity index (χ2n) is 8.07. The molecule has 5 heteroatoms. The Balaban J connectivity index is 2.09. The molecule has 1 aromatic heterocycles.